The minimum absolute atomic E-state index is 0.00665. The lowest BCUT2D eigenvalue weighted by molar-refractivity contribution is -0.134. The number of ether oxygens (including phenoxy) is 1. The molecule has 24 heavy (non-hydrogen) atoms. The highest BCUT2D eigenvalue weighted by atomic mass is 19.1. The second kappa shape index (κ2) is 6.99. The van der Waals surface area contributed by atoms with E-state index >= 15 is 0 Å². The van der Waals surface area contributed by atoms with Crippen molar-refractivity contribution in [2.24, 2.45) is 0 Å². The van der Waals surface area contributed by atoms with E-state index in [-0.39, 0.29) is 30.9 Å². The van der Waals surface area contributed by atoms with Gasteiger partial charge < -0.3 is 4.74 Å². The summed E-state index contributed by atoms with van der Waals surface area (Å²) in [4.78, 5) is 23.9. The van der Waals surface area contributed by atoms with Crippen molar-refractivity contribution in [2.75, 3.05) is 0 Å². The minimum atomic E-state index is -0.601. The van der Waals surface area contributed by atoms with Crippen LogP contribution in [0.4, 0.5) is 4.39 Å². The molecule has 3 rings (SSSR count). The summed E-state index contributed by atoms with van der Waals surface area (Å²) in [5.74, 6) is -1.56. The molecule has 7 heteroatoms. The number of halogens is 1. The molecule has 0 aliphatic heterocycles. The Kier molecular flexibility index (Phi) is 4.60. The lowest BCUT2D eigenvalue weighted by atomic mass is 10.2. The molecule has 3 aromatic rings. The van der Waals surface area contributed by atoms with E-state index in [2.05, 4.69) is 10.3 Å². The molecule has 0 spiro atoms. The van der Waals surface area contributed by atoms with Gasteiger partial charge in [-0.15, -0.1) is 5.10 Å². The van der Waals surface area contributed by atoms with Gasteiger partial charge in [-0.05, 0) is 30.7 Å². The molecule has 6 nitrogen and oxygen atoms in total. The highest BCUT2D eigenvalue weighted by molar-refractivity contribution is 5.88. The van der Waals surface area contributed by atoms with Crippen LogP contribution in [-0.4, -0.2) is 26.9 Å². The molecule has 1 aromatic heterocycles. The third-order valence-corrected chi connectivity index (χ3v) is 3.42. The van der Waals surface area contributed by atoms with Gasteiger partial charge in [0, 0.05) is 12.8 Å². The van der Waals surface area contributed by atoms with Crippen molar-refractivity contribution in [3.05, 3.63) is 54.3 Å². The van der Waals surface area contributed by atoms with E-state index in [0.717, 1.165) is 0 Å². The van der Waals surface area contributed by atoms with Crippen LogP contribution < -0.4 is 4.74 Å². The Morgan fingerprint density at radius 2 is 1.79 bits per heavy atom. The first kappa shape index (κ1) is 15.8. The van der Waals surface area contributed by atoms with Crippen LogP contribution in [-0.2, 0) is 4.79 Å². The summed E-state index contributed by atoms with van der Waals surface area (Å²) < 4.78 is 19.5. The predicted molar refractivity (Wildman–Crippen MR) is 84.0 cm³/mol. The Hall–Kier alpha value is -3.09. The number of aromatic nitrogens is 3. The molecular formula is C17H14FN3O3. The number of hydrogen-bond acceptors (Lipinski definition) is 5. The fourth-order valence-electron chi connectivity index (χ4n) is 2.24. The number of para-hydroxylation sites is 2. The number of esters is 1. The Morgan fingerprint density at radius 1 is 1.04 bits per heavy atom. The Morgan fingerprint density at radius 3 is 2.62 bits per heavy atom. The molecule has 0 N–H and O–H groups in total. The fraction of sp³-hybridized carbons (Fsp3) is 0.176. The van der Waals surface area contributed by atoms with Crippen LogP contribution in [0.15, 0.2) is 48.5 Å². The van der Waals surface area contributed by atoms with Crippen molar-refractivity contribution in [2.45, 2.75) is 19.3 Å². The highest BCUT2D eigenvalue weighted by Gasteiger charge is 2.13. The van der Waals surface area contributed by atoms with E-state index in [1.165, 1.54) is 22.9 Å². The summed E-state index contributed by atoms with van der Waals surface area (Å²) in [6.07, 6.45) is 0.396. The number of fused-ring (bicyclic) bond motifs is 1. The van der Waals surface area contributed by atoms with Crippen molar-refractivity contribution >= 4 is 22.9 Å². The molecule has 0 saturated heterocycles. The Balaban J connectivity index is 1.53. The van der Waals surface area contributed by atoms with Crippen LogP contribution >= 0.6 is 0 Å². The van der Waals surface area contributed by atoms with Crippen LogP contribution in [0.2, 0.25) is 0 Å². The number of nitrogens with zero attached hydrogens (tertiary/aromatic N) is 3. The van der Waals surface area contributed by atoms with E-state index in [1.807, 2.05) is 6.07 Å². The zero-order chi connectivity index (χ0) is 16.9. The summed E-state index contributed by atoms with van der Waals surface area (Å²) >= 11 is 0. The van der Waals surface area contributed by atoms with Crippen molar-refractivity contribution in [1.29, 1.82) is 0 Å². The predicted octanol–water partition coefficient (Wildman–Crippen LogP) is 2.99. The van der Waals surface area contributed by atoms with Gasteiger partial charge in [0.2, 0.25) is 5.91 Å². The molecule has 1 heterocycles. The lowest BCUT2D eigenvalue weighted by Gasteiger charge is -2.05. The van der Waals surface area contributed by atoms with Gasteiger partial charge in [-0.2, -0.15) is 4.68 Å². The summed E-state index contributed by atoms with van der Waals surface area (Å²) in [7, 11) is 0. The standard InChI is InChI=1S/C17H14FN3O3/c18-12-6-1-4-9-15(12)24-17(23)11-5-10-16(22)21-14-8-3-2-7-13(14)19-20-21/h1-4,6-9H,5,10-11H2. The fourth-order valence-corrected chi connectivity index (χ4v) is 2.24. The molecule has 0 unspecified atom stereocenters. The maximum Gasteiger partial charge on any atom is 0.311 e. The van der Waals surface area contributed by atoms with Gasteiger partial charge in [0.15, 0.2) is 11.6 Å². The number of carbonyl (C=O) groups excluding carboxylic acids is 2. The van der Waals surface area contributed by atoms with E-state index < -0.39 is 11.8 Å². The molecular weight excluding hydrogens is 313 g/mol. The molecule has 0 bridgehead atoms. The first-order valence-electron chi connectivity index (χ1n) is 7.44. The van der Waals surface area contributed by atoms with Gasteiger partial charge in [-0.1, -0.05) is 29.5 Å². The van der Waals surface area contributed by atoms with Crippen LogP contribution in [0.5, 0.6) is 5.75 Å². The van der Waals surface area contributed by atoms with Crippen LogP contribution in [0.3, 0.4) is 0 Å². The van der Waals surface area contributed by atoms with Gasteiger partial charge >= 0.3 is 5.97 Å². The van der Waals surface area contributed by atoms with Crippen LogP contribution in [0.1, 0.15) is 24.1 Å². The smallest absolute Gasteiger partial charge is 0.311 e. The largest absolute Gasteiger partial charge is 0.423 e. The van der Waals surface area contributed by atoms with Crippen LogP contribution in [0, 0.1) is 5.82 Å². The summed E-state index contributed by atoms with van der Waals surface area (Å²) in [6, 6.07) is 12.8. The molecule has 0 saturated carbocycles. The lowest BCUT2D eigenvalue weighted by Crippen LogP contribution is -2.14. The Labute approximate surface area is 136 Å². The van der Waals surface area contributed by atoms with Crippen molar-refractivity contribution in [1.82, 2.24) is 15.0 Å². The van der Waals surface area contributed by atoms with Crippen molar-refractivity contribution < 1.29 is 18.7 Å². The second-order valence-corrected chi connectivity index (χ2v) is 5.14. The third-order valence-electron chi connectivity index (χ3n) is 3.42. The van der Waals surface area contributed by atoms with Gasteiger partial charge in [-0.25, -0.2) is 4.39 Å². The monoisotopic (exact) mass is 327 g/mol. The number of hydrogen-bond donors (Lipinski definition) is 0. The van der Waals surface area contributed by atoms with Gasteiger partial charge in [0.05, 0.1) is 5.52 Å². The Bertz CT molecular complexity index is 891. The van der Waals surface area contributed by atoms with Gasteiger partial charge in [0.1, 0.15) is 5.52 Å². The number of carbonyl (C=O) groups is 2. The summed E-state index contributed by atoms with van der Waals surface area (Å²) in [5.41, 5.74) is 1.25. The topological polar surface area (TPSA) is 74.1 Å². The van der Waals surface area contributed by atoms with E-state index in [1.54, 1.807) is 24.3 Å². The SMILES string of the molecule is O=C(CCCC(=O)n1nnc2ccccc21)Oc1ccccc1F. The molecule has 2 aromatic carbocycles. The molecule has 0 aliphatic carbocycles. The molecule has 0 aliphatic rings. The first-order chi connectivity index (χ1) is 11.6. The van der Waals surface area contributed by atoms with Crippen molar-refractivity contribution in [3.63, 3.8) is 0 Å². The minimum Gasteiger partial charge on any atom is -0.423 e. The molecule has 0 amide bonds. The van der Waals surface area contributed by atoms with E-state index in [4.69, 9.17) is 4.74 Å². The number of benzene rings is 2. The average Bonchev–Trinajstić information content (AvgIpc) is 3.01. The third kappa shape index (κ3) is 3.45. The van der Waals surface area contributed by atoms with E-state index in [0.29, 0.717) is 11.0 Å². The van der Waals surface area contributed by atoms with Gasteiger partial charge in [-0.3, -0.25) is 9.59 Å². The summed E-state index contributed by atoms with van der Waals surface area (Å²) in [5, 5.41) is 7.73. The summed E-state index contributed by atoms with van der Waals surface area (Å²) in [6.45, 7) is 0. The van der Waals surface area contributed by atoms with Gasteiger partial charge in [0.25, 0.3) is 0 Å². The maximum absolute atomic E-state index is 13.4. The van der Waals surface area contributed by atoms with Crippen LogP contribution in [0.25, 0.3) is 11.0 Å². The molecule has 0 fully saturated rings. The number of rotatable bonds is 5. The average molecular weight is 327 g/mol. The second-order valence-electron chi connectivity index (χ2n) is 5.14. The zero-order valence-corrected chi connectivity index (χ0v) is 12.7. The first-order valence-corrected chi connectivity index (χ1v) is 7.44. The normalized spacial score (nSPS) is 10.7. The maximum atomic E-state index is 13.4. The molecule has 0 radical (unpaired) electrons. The quantitative estimate of drug-likeness (QED) is 0.532. The highest BCUT2D eigenvalue weighted by Crippen LogP contribution is 2.16. The molecule has 0 atom stereocenters. The molecule has 122 valence electrons. The van der Waals surface area contributed by atoms with E-state index in [9.17, 15) is 14.0 Å². The zero-order valence-electron chi connectivity index (χ0n) is 12.7. The van der Waals surface area contributed by atoms with Crippen molar-refractivity contribution in [3.8, 4) is 5.75 Å².